The molecule has 0 saturated heterocycles. The molecular formula is C16H13BrN2O3. The number of allylic oxidation sites excluding steroid dienone is 3. The second-order valence-electron chi connectivity index (χ2n) is 4.83. The molecule has 112 valence electrons. The van der Waals surface area contributed by atoms with Crippen molar-refractivity contribution in [2.45, 2.75) is 6.42 Å². The predicted octanol–water partition coefficient (Wildman–Crippen LogP) is -2.87. The fraction of sp³-hybridized carbons (Fsp3) is 0.125. The molecule has 2 aliphatic rings. The summed E-state index contributed by atoms with van der Waals surface area (Å²) in [6.07, 6.45) is 7.51. The normalized spacial score (nSPS) is 18.9. The van der Waals surface area contributed by atoms with Crippen molar-refractivity contribution in [3.63, 3.8) is 0 Å². The third-order valence-electron chi connectivity index (χ3n) is 3.42. The molecule has 6 heteroatoms. The van der Waals surface area contributed by atoms with Crippen molar-refractivity contribution < 1.29 is 36.7 Å². The average molecular weight is 361 g/mol. The number of nitrogens with one attached hydrogen (secondary N) is 1. The number of fused-ring (bicyclic) bond motifs is 1. The molecule has 1 aromatic carbocycles. The SMILES string of the molecule is O=C(O)c1ccccc1CC1=[NH+]C(=O)C2C=CC=CC2=N1.[Br-]. The van der Waals surface area contributed by atoms with E-state index in [0.29, 0.717) is 17.1 Å². The summed E-state index contributed by atoms with van der Waals surface area (Å²) in [6.45, 7) is 0. The highest BCUT2D eigenvalue weighted by Crippen LogP contribution is 2.13. The summed E-state index contributed by atoms with van der Waals surface area (Å²) in [5.41, 5.74) is 1.53. The summed E-state index contributed by atoms with van der Waals surface area (Å²) in [6, 6.07) is 6.72. The molecule has 0 fully saturated rings. The Morgan fingerprint density at radius 2 is 2.05 bits per heavy atom. The van der Waals surface area contributed by atoms with Gasteiger partial charge in [0.1, 0.15) is 5.92 Å². The smallest absolute Gasteiger partial charge is 0.335 e. The van der Waals surface area contributed by atoms with Crippen molar-refractivity contribution in [2.75, 3.05) is 0 Å². The number of hydrogen-bond acceptors (Lipinski definition) is 3. The van der Waals surface area contributed by atoms with E-state index in [1.165, 1.54) is 0 Å². The largest absolute Gasteiger partial charge is 1.00 e. The van der Waals surface area contributed by atoms with Gasteiger partial charge in [0.25, 0.3) is 0 Å². The van der Waals surface area contributed by atoms with Crippen molar-refractivity contribution in [1.82, 2.24) is 0 Å². The molecule has 1 aliphatic heterocycles. The maximum Gasteiger partial charge on any atom is 0.335 e. The number of aliphatic imine (C=N–C) groups is 1. The van der Waals surface area contributed by atoms with Crippen LogP contribution in [0.3, 0.4) is 0 Å². The first-order chi connectivity index (χ1) is 10.1. The van der Waals surface area contributed by atoms with Gasteiger partial charge in [0.05, 0.1) is 12.0 Å². The van der Waals surface area contributed by atoms with Gasteiger partial charge in [-0.25, -0.2) is 14.6 Å². The van der Waals surface area contributed by atoms with Crippen LogP contribution in [0.5, 0.6) is 0 Å². The lowest BCUT2D eigenvalue weighted by atomic mass is 9.96. The fourth-order valence-corrected chi connectivity index (χ4v) is 2.41. The van der Waals surface area contributed by atoms with E-state index in [1.807, 2.05) is 12.2 Å². The minimum Gasteiger partial charge on any atom is -1.00 e. The van der Waals surface area contributed by atoms with Crippen LogP contribution in [0.2, 0.25) is 0 Å². The number of hydrogen-bond donors (Lipinski definition) is 2. The summed E-state index contributed by atoms with van der Waals surface area (Å²) < 4.78 is 0. The molecule has 3 rings (SSSR count). The van der Waals surface area contributed by atoms with Gasteiger partial charge in [0, 0.05) is 0 Å². The van der Waals surface area contributed by atoms with Crippen LogP contribution in [0, 0.1) is 5.92 Å². The number of carbonyl (C=O) groups is 2. The quantitative estimate of drug-likeness (QED) is 0.608. The number of carboxylic acids is 1. The van der Waals surface area contributed by atoms with Crippen molar-refractivity contribution in [2.24, 2.45) is 10.9 Å². The monoisotopic (exact) mass is 360 g/mol. The Balaban J connectivity index is 0.00000176. The third kappa shape index (κ3) is 3.12. The van der Waals surface area contributed by atoms with Crippen molar-refractivity contribution in [3.8, 4) is 0 Å². The number of carbonyl (C=O) groups excluding carboxylic acids is 1. The Hall–Kier alpha value is -2.34. The number of carboxylic acid groups (broad SMARTS) is 1. The van der Waals surface area contributed by atoms with Crippen LogP contribution in [0.25, 0.3) is 0 Å². The van der Waals surface area contributed by atoms with E-state index in [1.54, 1.807) is 36.4 Å². The standard InChI is InChI=1S/C16H12N2O3.BrH/c19-15-12-7-3-4-8-13(12)17-14(18-15)9-10-5-1-2-6-11(10)16(20)21;/h1-8,12H,9H2,(H,20,21);1H. The van der Waals surface area contributed by atoms with Crippen molar-refractivity contribution >= 4 is 23.4 Å². The molecule has 1 atom stereocenters. The highest BCUT2D eigenvalue weighted by atomic mass is 79.9. The van der Waals surface area contributed by atoms with Crippen molar-refractivity contribution in [3.05, 3.63) is 59.7 Å². The molecule has 0 aromatic heterocycles. The molecule has 1 amide bonds. The van der Waals surface area contributed by atoms with Crippen LogP contribution in [-0.4, -0.2) is 28.5 Å². The minimum atomic E-state index is -0.987. The zero-order valence-electron chi connectivity index (χ0n) is 11.5. The highest BCUT2D eigenvalue weighted by molar-refractivity contribution is 6.16. The Kier molecular flexibility index (Phi) is 4.82. The van der Waals surface area contributed by atoms with E-state index in [-0.39, 0.29) is 40.8 Å². The first-order valence-electron chi connectivity index (χ1n) is 6.56. The lowest BCUT2D eigenvalue weighted by Gasteiger charge is -2.11. The van der Waals surface area contributed by atoms with Gasteiger partial charge >= 0.3 is 17.7 Å². The molecule has 22 heavy (non-hydrogen) atoms. The van der Waals surface area contributed by atoms with Gasteiger partial charge in [-0.15, -0.1) is 0 Å². The van der Waals surface area contributed by atoms with Crippen LogP contribution in [-0.2, 0) is 11.2 Å². The van der Waals surface area contributed by atoms with Gasteiger partial charge in [0.15, 0.2) is 5.71 Å². The maximum absolute atomic E-state index is 12.0. The van der Waals surface area contributed by atoms with Crippen LogP contribution in [0.15, 0.2) is 53.6 Å². The summed E-state index contributed by atoms with van der Waals surface area (Å²) in [7, 11) is 0. The summed E-state index contributed by atoms with van der Waals surface area (Å²) in [4.78, 5) is 30.4. The van der Waals surface area contributed by atoms with Crippen LogP contribution >= 0.6 is 0 Å². The Morgan fingerprint density at radius 1 is 1.27 bits per heavy atom. The molecule has 1 aromatic rings. The Labute approximate surface area is 137 Å². The predicted molar refractivity (Wildman–Crippen MR) is 77.3 cm³/mol. The first kappa shape index (κ1) is 16.0. The Morgan fingerprint density at radius 3 is 2.82 bits per heavy atom. The molecule has 1 heterocycles. The van der Waals surface area contributed by atoms with E-state index in [2.05, 4.69) is 9.98 Å². The molecule has 1 unspecified atom stereocenters. The van der Waals surface area contributed by atoms with Gasteiger partial charge < -0.3 is 22.1 Å². The van der Waals surface area contributed by atoms with Gasteiger partial charge in [-0.1, -0.05) is 36.4 Å². The number of amides is 1. The lowest BCUT2D eigenvalue weighted by Crippen LogP contribution is -3.00. The summed E-state index contributed by atoms with van der Waals surface area (Å²) in [5, 5.41) is 9.18. The molecule has 0 saturated carbocycles. The summed E-state index contributed by atoms with van der Waals surface area (Å²) in [5.74, 6) is -1.00. The number of benzene rings is 1. The molecular weight excluding hydrogens is 348 g/mol. The highest BCUT2D eigenvalue weighted by Gasteiger charge is 2.33. The maximum atomic E-state index is 12.0. The Bertz CT molecular complexity index is 748. The van der Waals surface area contributed by atoms with Gasteiger partial charge in [-0.05, 0) is 22.7 Å². The van der Waals surface area contributed by atoms with Crippen LogP contribution in [0.1, 0.15) is 15.9 Å². The molecule has 5 nitrogen and oxygen atoms in total. The number of amidine groups is 1. The lowest BCUT2D eigenvalue weighted by molar-refractivity contribution is -0.382. The van der Waals surface area contributed by atoms with Crippen molar-refractivity contribution in [1.29, 1.82) is 0 Å². The minimum absolute atomic E-state index is 0. The van der Waals surface area contributed by atoms with Crippen LogP contribution < -0.4 is 22.0 Å². The summed E-state index contributed by atoms with van der Waals surface area (Å²) >= 11 is 0. The van der Waals surface area contributed by atoms with E-state index in [0.717, 1.165) is 0 Å². The molecule has 0 radical (unpaired) electrons. The zero-order valence-corrected chi connectivity index (χ0v) is 13.1. The van der Waals surface area contributed by atoms with Gasteiger partial charge in [-0.2, -0.15) is 0 Å². The second-order valence-corrected chi connectivity index (χ2v) is 4.83. The van der Waals surface area contributed by atoms with E-state index in [9.17, 15) is 14.7 Å². The molecule has 0 spiro atoms. The van der Waals surface area contributed by atoms with Crippen LogP contribution in [0.4, 0.5) is 0 Å². The topological polar surface area (TPSA) is 80.7 Å². The molecule has 2 N–H and O–H groups in total. The van der Waals surface area contributed by atoms with Gasteiger partial charge in [0.2, 0.25) is 0 Å². The average Bonchev–Trinajstić information content (AvgIpc) is 2.47. The molecule has 0 bridgehead atoms. The second kappa shape index (κ2) is 6.62. The number of aromatic carboxylic acids is 1. The van der Waals surface area contributed by atoms with E-state index in [4.69, 9.17) is 0 Å². The zero-order chi connectivity index (χ0) is 14.8. The number of nitrogens with zero attached hydrogens (tertiary/aromatic N) is 1. The fourth-order valence-electron chi connectivity index (χ4n) is 2.41. The molecule has 1 aliphatic carbocycles. The van der Waals surface area contributed by atoms with E-state index >= 15 is 0 Å². The first-order valence-corrected chi connectivity index (χ1v) is 6.56. The third-order valence-corrected chi connectivity index (χ3v) is 3.42. The number of halogens is 1. The van der Waals surface area contributed by atoms with Gasteiger partial charge in [-0.3, -0.25) is 0 Å². The van der Waals surface area contributed by atoms with E-state index < -0.39 is 5.97 Å². The number of rotatable bonds is 3.